The molecule has 0 aromatic carbocycles. The minimum Gasteiger partial charge on any atom is -0.307 e. The van der Waals surface area contributed by atoms with Crippen LogP contribution in [0.1, 0.15) is 5.56 Å². The molecule has 0 fully saturated rings. The van der Waals surface area contributed by atoms with Crippen LogP contribution < -0.4 is 0 Å². The number of nitrogens with zero attached hydrogens (tertiary/aromatic N) is 2. The molecule has 16 heavy (non-hydrogen) atoms. The van der Waals surface area contributed by atoms with E-state index in [1.54, 1.807) is 13.0 Å². The molecule has 2 rings (SSSR count). The Morgan fingerprint density at radius 1 is 1.44 bits per heavy atom. The normalized spacial score (nSPS) is 12.3. The maximum atomic E-state index is 12.3. The van der Waals surface area contributed by atoms with Gasteiger partial charge in [0.15, 0.2) is 5.15 Å². The molecular weight excluding hydrogens is 261 g/mol. The van der Waals surface area contributed by atoms with Gasteiger partial charge in [0.25, 0.3) is 0 Å². The van der Waals surface area contributed by atoms with Gasteiger partial charge in [-0.2, -0.15) is 13.2 Å². The van der Waals surface area contributed by atoms with Gasteiger partial charge < -0.3 is 4.40 Å². The first-order valence-corrected chi connectivity index (χ1v) is 5.46. The van der Waals surface area contributed by atoms with E-state index >= 15 is 0 Å². The van der Waals surface area contributed by atoms with Crippen molar-refractivity contribution in [3.8, 4) is 0 Å². The lowest BCUT2D eigenvalue weighted by Crippen LogP contribution is -2.01. The summed E-state index contributed by atoms with van der Waals surface area (Å²) in [7, 11) is 0. The highest BCUT2D eigenvalue weighted by molar-refractivity contribution is 8.00. The second-order valence-corrected chi connectivity index (χ2v) is 4.57. The van der Waals surface area contributed by atoms with Crippen LogP contribution in [0.4, 0.5) is 13.2 Å². The first-order chi connectivity index (χ1) is 7.38. The Hall–Kier alpha value is -0.880. The quantitative estimate of drug-likeness (QED) is 0.728. The number of fused-ring (bicyclic) bond motifs is 1. The Morgan fingerprint density at radius 2 is 2.12 bits per heavy atom. The summed E-state index contributed by atoms with van der Waals surface area (Å²) >= 11 is 5.64. The average Bonchev–Trinajstić information content (AvgIpc) is 2.44. The predicted octanol–water partition coefficient (Wildman–Crippen LogP) is 3.91. The molecule has 0 saturated carbocycles. The largest absolute Gasteiger partial charge is 0.447 e. The number of thioether (sulfide) groups is 1. The van der Waals surface area contributed by atoms with E-state index < -0.39 is 5.51 Å². The van der Waals surface area contributed by atoms with Gasteiger partial charge in [-0.25, -0.2) is 4.98 Å². The molecule has 0 aliphatic carbocycles. The molecule has 0 aliphatic rings. The summed E-state index contributed by atoms with van der Waals surface area (Å²) in [6, 6.07) is 1.59. The summed E-state index contributed by atoms with van der Waals surface area (Å²) in [6.07, 6.45) is 2.83. The van der Waals surface area contributed by atoms with E-state index in [1.165, 1.54) is 16.8 Å². The van der Waals surface area contributed by atoms with Crippen molar-refractivity contribution >= 4 is 28.9 Å². The number of hydrogen-bond acceptors (Lipinski definition) is 2. The van der Waals surface area contributed by atoms with Crippen LogP contribution in [-0.4, -0.2) is 14.9 Å². The molecular formula is C9H6ClF3N2S. The number of halogens is 4. The van der Waals surface area contributed by atoms with Gasteiger partial charge in [-0.1, -0.05) is 11.6 Å². The highest BCUT2D eigenvalue weighted by Crippen LogP contribution is 2.40. The molecule has 0 N–H and O–H groups in total. The van der Waals surface area contributed by atoms with Crippen molar-refractivity contribution in [3.63, 3.8) is 0 Å². The van der Waals surface area contributed by atoms with E-state index in [2.05, 4.69) is 4.98 Å². The van der Waals surface area contributed by atoms with Gasteiger partial charge in [-0.15, -0.1) is 0 Å². The van der Waals surface area contributed by atoms with Crippen LogP contribution in [0.15, 0.2) is 23.5 Å². The van der Waals surface area contributed by atoms with Crippen LogP contribution in [0.3, 0.4) is 0 Å². The van der Waals surface area contributed by atoms with Crippen molar-refractivity contribution < 1.29 is 13.2 Å². The van der Waals surface area contributed by atoms with Crippen LogP contribution in [0.25, 0.3) is 5.52 Å². The van der Waals surface area contributed by atoms with Crippen LogP contribution >= 0.6 is 23.4 Å². The third-order valence-electron chi connectivity index (χ3n) is 2.00. The van der Waals surface area contributed by atoms with E-state index in [0.717, 1.165) is 0 Å². The van der Waals surface area contributed by atoms with Gasteiger partial charge in [-0.3, -0.25) is 0 Å². The third-order valence-corrected chi connectivity index (χ3v) is 3.23. The van der Waals surface area contributed by atoms with Gasteiger partial charge >= 0.3 is 5.51 Å². The van der Waals surface area contributed by atoms with Crippen LogP contribution in [0.2, 0.25) is 5.15 Å². The second-order valence-electron chi connectivity index (χ2n) is 3.15. The fourth-order valence-corrected chi connectivity index (χ4v) is 2.31. The zero-order chi connectivity index (χ0) is 11.9. The molecule has 2 aromatic rings. The number of aromatic nitrogens is 2. The molecule has 2 heterocycles. The van der Waals surface area contributed by atoms with E-state index in [0.29, 0.717) is 11.1 Å². The summed E-state index contributed by atoms with van der Waals surface area (Å²) in [4.78, 5) is 3.81. The highest BCUT2D eigenvalue weighted by atomic mass is 35.5. The summed E-state index contributed by atoms with van der Waals surface area (Å²) in [5.74, 6) is 0. The monoisotopic (exact) mass is 266 g/mol. The number of rotatable bonds is 1. The first kappa shape index (κ1) is 11.6. The molecule has 2 aromatic heterocycles. The van der Waals surface area contributed by atoms with E-state index in [4.69, 9.17) is 11.6 Å². The van der Waals surface area contributed by atoms with Crippen molar-refractivity contribution in [3.05, 3.63) is 29.2 Å². The van der Waals surface area contributed by atoms with E-state index in [1.807, 2.05) is 0 Å². The van der Waals surface area contributed by atoms with Crippen LogP contribution in [0, 0.1) is 6.92 Å². The minimum absolute atomic E-state index is 0.117. The molecule has 0 radical (unpaired) electrons. The van der Waals surface area contributed by atoms with E-state index in [-0.39, 0.29) is 21.9 Å². The Labute approximate surface area is 98.4 Å². The number of alkyl halides is 3. The molecule has 2 nitrogen and oxygen atoms in total. The molecule has 0 saturated heterocycles. The van der Waals surface area contributed by atoms with Gasteiger partial charge in [-0.05, 0) is 18.6 Å². The lowest BCUT2D eigenvalue weighted by Gasteiger charge is -2.07. The van der Waals surface area contributed by atoms with E-state index in [9.17, 15) is 13.2 Å². The van der Waals surface area contributed by atoms with Gasteiger partial charge in [0.05, 0.1) is 10.5 Å². The van der Waals surface area contributed by atoms with Crippen molar-refractivity contribution in [2.45, 2.75) is 17.5 Å². The molecule has 0 atom stereocenters. The van der Waals surface area contributed by atoms with Gasteiger partial charge in [0.2, 0.25) is 0 Å². The molecule has 0 unspecified atom stereocenters. The lowest BCUT2D eigenvalue weighted by molar-refractivity contribution is -0.0330. The summed E-state index contributed by atoms with van der Waals surface area (Å²) in [6.45, 7) is 1.61. The Morgan fingerprint density at radius 3 is 2.75 bits per heavy atom. The molecule has 86 valence electrons. The minimum atomic E-state index is -4.31. The average molecular weight is 267 g/mol. The molecule has 7 heteroatoms. The predicted molar refractivity (Wildman–Crippen MR) is 56.9 cm³/mol. The fraction of sp³-hybridized carbons (Fsp3) is 0.222. The van der Waals surface area contributed by atoms with Crippen molar-refractivity contribution in [1.29, 1.82) is 0 Å². The molecule has 0 spiro atoms. The molecule has 0 bridgehead atoms. The summed E-state index contributed by atoms with van der Waals surface area (Å²) in [5.41, 5.74) is -3.31. The maximum absolute atomic E-state index is 12.3. The lowest BCUT2D eigenvalue weighted by atomic mass is 10.4. The summed E-state index contributed by atoms with van der Waals surface area (Å²) < 4.78 is 38.4. The van der Waals surface area contributed by atoms with Crippen molar-refractivity contribution in [1.82, 2.24) is 9.38 Å². The zero-order valence-corrected chi connectivity index (χ0v) is 9.62. The number of hydrogen-bond donors (Lipinski definition) is 0. The fourth-order valence-electron chi connectivity index (χ4n) is 1.41. The third kappa shape index (κ3) is 2.12. The Balaban J connectivity index is 2.61. The van der Waals surface area contributed by atoms with Crippen LogP contribution in [-0.2, 0) is 0 Å². The summed E-state index contributed by atoms with van der Waals surface area (Å²) in [5, 5.41) is 0.312. The topological polar surface area (TPSA) is 17.3 Å². The smallest absolute Gasteiger partial charge is 0.307 e. The van der Waals surface area contributed by atoms with Crippen LogP contribution in [0.5, 0.6) is 0 Å². The molecule has 0 amide bonds. The number of aryl methyl sites for hydroxylation is 1. The standard InChI is InChI=1S/C9H6ClF3N2S/c1-5-4-6-7(10)14-2-3-15(6)8(5)16-9(11,12)13/h2-4H,1H3. The van der Waals surface area contributed by atoms with Crippen molar-refractivity contribution in [2.24, 2.45) is 0 Å². The second kappa shape index (κ2) is 3.85. The molecule has 0 aliphatic heterocycles. The zero-order valence-electron chi connectivity index (χ0n) is 8.05. The van der Waals surface area contributed by atoms with Gasteiger partial charge in [0, 0.05) is 24.2 Å². The first-order valence-electron chi connectivity index (χ1n) is 4.26. The maximum Gasteiger partial charge on any atom is 0.447 e. The van der Waals surface area contributed by atoms with Crippen molar-refractivity contribution in [2.75, 3.05) is 0 Å². The Kier molecular flexibility index (Phi) is 2.79. The SMILES string of the molecule is Cc1cc2c(Cl)nccn2c1SC(F)(F)F. The Bertz CT molecular complexity index is 535. The van der Waals surface area contributed by atoms with Gasteiger partial charge in [0.1, 0.15) is 0 Å². The highest BCUT2D eigenvalue weighted by Gasteiger charge is 2.31.